The number of rotatable bonds is 3. The summed E-state index contributed by atoms with van der Waals surface area (Å²) in [5, 5.41) is 0.314. The number of nitrogens with zero attached hydrogens (tertiary/aromatic N) is 1. The van der Waals surface area contributed by atoms with E-state index in [1.165, 1.54) is 7.11 Å². The summed E-state index contributed by atoms with van der Waals surface area (Å²) in [6, 6.07) is 1.75. The number of hydrogen-bond donors (Lipinski definition) is 0. The Kier molecular flexibility index (Phi) is 3.92. The molecule has 1 heterocycles. The van der Waals surface area contributed by atoms with Gasteiger partial charge < -0.3 is 4.74 Å². The molecule has 0 amide bonds. The van der Waals surface area contributed by atoms with Crippen molar-refractivity contribution in [3.05, 3.63) is 23.0 Å². The molecule has 3 nitrogen and oxygen atoms in total. The lowest BCUT2D eigenvalue weighted by Crippen LogP contribution is -2.22. The highest BCUT2D eigenvalue weighted by atomic mass is 35.5. The van der Waals surface area contributed by atoms with Crippen LogP contribution >= 0.6 is 11.6 Å². The monoisotopic (exact) mass is 241 g/mol. The van der Waals surface area contributed by atoms with E-state index >= 15 is 0 Å². The molecule has 4 heteroatoms. The van der Waals surface area contributed by atoms with Crippen LogP contribution in [0.1, 0.15) is 26.3 Å². The van der Waals surface area contributed by atoms with E-state index in [9.17, 15) is 4.79 Å². The molecule has 0 unspecified atom stereocenters. The summed E-state index contributed by atoms with van der Waals surface area (Å²) in [5.41, 5.74) is 0.480. The lowest BCUT2D eigenvalue weighted by molar-refractivity contribution is -0.125. The maximum atomic E-state index is 11.8. The van der Waals surface area contributed by atoms with E-state index in [-0.39, 0.29) is 11.2 Å². The fraction of sp³-hybridized carbons (Fsp3) is 0.500. The Balaban J connectivity index is 2.87. The van der Waals surface area contributed by atoms with Crippen LogP contribution in [0.4, 0.5) is 0 Å². The van der Waals surface area contributed by atoms with E-state index in [0.29, 0.717) is 17.3 Å². The first-order valence-electron chi connectivity index (χ1n) is 5.06. The zero-order chi connectivity index (χ0) is 12.3. The number of Topliss-reactive ketones (excluding diaryl/α,β-unsaturated/α-hetero) is 1. The second kappa shape index (κ2) is 4.83. The van der Waals surface area contributed by atoms with Crippen LogP contribution in [0.3, 0.4) is 0 Å². The average molecular weight is 242 g/mol. The molecule has 0 saturated carbocycles. The van der Waals surface area contributed by atoms with Gasteiger partial charge in [0.2, 0.25) is 0 Å². The van der Waals surface area contributed by atoms with Gasteiger partial charge in [-0.1, -0.05) is 32.4 Å². The number of carbonyl (C=O) groups is 1. The molecule has 0 N–H and O–H groups in total. The van der Waals surface area contributed by atoms with Gasteiger partial charge in [0.25, 0.3) is 0 Å². The Morgan fingerprint density at radius 2 is 2.12 bits per heavy atom. The first-order valence-corrected chi connectivity index (χ1v) is 5.44. The lowest BCUT2D eigenvalue weighted by atomic mass is 9.87. The zero-order valence-electron chi connectivity index (χ0n) is 10.0. The standard InChI is InChI=1S/C12H16ClNO2/c1-12(2,3)10(15)6-8-5-9(16-4)11(13)14-7-8/h5,7H,6H2,1-4H3. The van der Waals surface area contributed by atoms with Crippen molar-refractivity contribution in [2.24, 2.45) is 5.41 Å². The van der Waals surface area contributed by atoms with Crippen molar-refractivity contribution in [2.45, 2.75) is 27.2 Å². The molecule has 16 heavy (non-hydrogen) atoms. The summed E-state index contributed by atoms with van der Waals surface area (Å²) < 4.78 is 5.05. The fourth-order valence-corrected chi connectivity index (χ4v) is 1.34. The molecule has 0 aliphatic rings. The van der Waals surface area contributed by atoms with Crippen LogP contribution in [0.2, 0.25) is 5.15 Å². The molecule has 0 spiro atoms. The predicted molar refractivity (Wildman–Crippen MR) is 64.0 cm³/mol. The number of hydrogen-bond acceptors (Lipinski definition) is 3. The summed E-state index contributed by atoms with van der Waals surface area (Å²) in [5.74, 6) is 0.666. The van der Waals surface area contributed by atoms with Crippen molar-refractivity contribution in [2.75, 3.05) is 7.11 Å². The minimum Gasteiger partial charge on any atom is -0.494 e. The molecule has 0 radical (unpaired) electrons. The molecule has 88 valence electrons. The second-order valence-corrected chi connectivity index (χ2v) is 5.04. The Morgan fingerprint density at radius 3 is 2.62 bits per heavy atom. The molecule has 0 atom stereocenters. The van der Waals surface area contributed by atoms with Gasteiger partial charge in [0.1, 0.15) is 5.78 Å². The predicted octanol–water partition coefficient (Wildman–Crippen LogP) is 2.90. The quantitative estimate of drug-likeness (QED) is 0.764. The summed E-state index contributed by atoms with van der Waals surface area (Å²) >= 11 is 5.80. The summed E-state index contributed by atoms with van der Waals surface area (Å²) in [7, 11) is 1.53. The van der Waals surface area contributed by atoms with Crippen LogP contribution in [0.25, 0.3) is 0 Å². The largest absolute Gasteiger partial charge is 0.494 e. The van der Waals surface area contributed by atoms with Crippen molar-refractivity contribution < 1.29 is 9.53 Å². The van der Waals surface area contributed by atoms with Crippen molar-refractivity contribution >= 4 is 17.4 Å². The summed E-state index contributed by atoms with van der Waals surface area (Å²) in [6.45, 7) is 5.70. The molecule has 1 aromatic rings. The molecule has 1 aromatic heterocycles. The molecule has 0 aromatic carbocycles. The van der Waals surface area contributed by atoms with Crippen molar-refractivity contribution in [3.8, 4) is 5.75 Å². The van der Waals surface area contributed by atoms with Crippen molar-refractivity contribution in [3.63, 3.8) is 0 Å². The Morgan fingerprint density at radius 1 is 1.50 bits per heavy atom. The van der Waals surface area contributed by atoms with Gasteiger partial charge in [0.15, 0.2) is 10.9 Å². The Bertz CT molecular complexity index is 396. The van der Waals surface area contributed by atoms with Crippen molar-refractivity contribution in [1.29, 1.82) is 0 Å². The second-order valence-electron chi connectivity index (χ2n) is 4.69. The highest BCUT2D eigenvalue weighted by Crippen LogP contribution is 2.24. The number of ketones is 1. The smallest absolute Gasteiger partial charge is 0.171 e. The maximum absolute atomic E-state index is 11.8. The molecule has 0 aliphatic carbocycles. The van der Waals surface area contributed by atoms with Crippen molar-refractivity contribution in [1.82, 2.24) is 4.98 Å². The highest BCUT2D eigenvalue weighted by molar-refractivity contribution is 6.30. The number of ether oxygens (including phenoxy) is 1. The van der Waals surface area contributed by atoms with E-state index in [2.05, 4.69) is 4.98 Å². The third-order valence-electron chi connectivity index (χ3n) is 2.28. The third-order valence-corrected chi connectivity index (χ3v) is 2.57. The normalized spacial score (nSPS) is 11.3. The van der Waals surface area contributed by atoms with Gasteiger partial charge >= 0.3 is 0 Å². The van der Waals surface area contributed by atoms with E-state index < -0.39 is 0 Å². The number of pyridine rings is 1. The Labute approximate surface area is 101 Å². The van der Waals surface area contributed by atoms with Crippen LogP contribution in [0.5, 0.6) is 5.75 Å². The number of halogens is 1. The molecular formula is C12H16ClNO2. The van der Waals surface area contributed by atoms with Crippen LogP contribution in [0, 0.1) is 5.41 Å². The number of methoxy groups -OCH3 is 1. The van der Waals surface area contributed by atoms with Gasteiger partial charge in [0.05, 0.1) is 7.11 Å². The van der Waals surface area contributed by atoms with Crippen LogP contribution in [-0.4, -0.2) is 17.9 Å². The minimum absolute atomic E-state index is 0.165. The molecule has 0 fully saturated rings. The van der Waals surface area contributed by atoms with Crippen LogP contribution in [-0.2, 0) is 11.2 Å². The first kappa shape index (κ1) is 13.0. The average Bonchev–Trinajstić information content (AvgIpc) is 2.19. The minimum atomic E-state index is -0.340. The van der Waals surface area contributed by atoms with Gasteiger partial charge in [-0.3, -0.25) is 4.79 Å². The molecule has 0 aliphatic heterocycles. The van der Waals surface area contributed by atoms with Gasteiger partial charge in [-0.05, 0) is 11.6 Å². The van der Waals surface area contributed by atoms with E-state index in [1.807, 2.05) is 20.8 Å². The summed E-state index contributed by atoms with van der Waals surface area (Å²) in [6.07, 6.45) is 1.96. The molecule has 0 saturated heterocycles. The van der Waals surface area contributed by atoms with Gasteiger partial charge in [0, 0.05) is 18.0 Å². The van der Waals surface area contributed by atoms with Crippen LogP contribution < -0.4 is 4.74 Å². The molecule has 1 rings (SSSR count). The molecular weight excluding hydrogens is 226 g/mol. The zero-order valence-corrected chi connectivity index (χ0v) is 10.8. The summed E-state index contributed by atoms with van der Waals surface area (Å²) in [4.78, 5) is 15.8. The molecule has 0 bridgehead atoms. The van der Waals surface area contributed by atoms with E-state index in [0.717, 1.165) is 5.56 Å². The van der Waals surface area contributed by atoms with E-state index in [1.54, 1.807) is 12.3 Å². The van der Waals surface area contributed by atoms with Gasteiger partial charge in [-0.2, -0.15) is 0 Å². The number of aromatic nitrogens is 1. The first-order chi connectivity index (χ1) is 7.34. The van der Waals surface area contributed by atoms with Crippen LogP contribution in [0.15, 0.2) is 12.3 Å². The number of carbonyl (C=O) groups excluding carboxylic acids is 1. The lowest BCUT2D eigenvalue weighted by Gasteiger charge is -2.16. The topological polar surface area (TPSA) is 39.2 Å². The van der Waals surface area contributed by atoms with Gasteiger partial charge in [-0.15, -0.1) is 0 Å². The van der Waals surface area contributed by atoms with E-state index in [4.69, 9.17) is 16.3 Å². The fourth-order valence-electron chi connectivity index (χ4n) is 1.16. The van der Waals surface area contributed by atoms with Gasteiger partial charge in [-0.25, -0.2) is 4.98 Å². The Hall–Kier alpha value is -1.09. The maximum Gasteiger partial charge on any atom is 0.171 e. The highest BCUT2D eigenvalue weighted by Gasteiger charge is 2.21. The SMILES string of the molecule is COc1cc(CC(=O)C(C)(C)C)cnc1Cl. The third kappa shape index (κ3) is 3.20.